The zero-order valence-electron chi connectivity index (χ0n) is 12.1. The summed E-state index contributed by atoms with van der Waals surface area (Å²) in [5.74, 6) is -0.591. The molecule has 6 heteroatoms. The molecule has 0 radical (unpaired) electrons. The van der Waals surface area contributed by atoms with Gasteiger partial charge in [-0.1, -0.05) is 46.9 Å². The normalized spacial score (nSPS) is 12.0. The molecule has 0 spiro atoms. The molecule has 3 N–H and O–H groups in total. The lowest BCUT2D eigenvalue weighted by Crippen LogP contribution is -2.28. The van der Waals surface area contributed by atoms with Crippen LogP contribution in [0.1, 0.15) is 22.7 Å². The highest BCUT2D eigenvalue weighted by molar-refractivity contribution is 6.44. The number of halogens is 3. The average Bonchev–Trinajstić information content (AvgIpc) is 2.45. The van der Waals surface area contributed by atoms with E-state index in [-0.39, 0.29) is 5.02 Å². The van der Waals surface area contributed by atoms with Crippen LogP contribution in [0.2, 0.25) is 15.1 Å². The van der Waals surface area contributed by atoms with Crippen molar-refractivity contribution in [2.75, 3.05) is 5.32 Å². The summed E-state index contributed by atoms with van der Waals surface area (Å²) in [5, 5.41) is 3.97. The van der Waals surface area contributed by atoms with Gasteiger partial charge in [0.25, 0.3) is 0 Å². The number of aryl methyl sites for hydroxylation is 2. The quantitative estimate of drug-likeness (QED) is 0.764. The summed E-state index contributed by atoms with van der Waals surface area (Å²) in [6, 6.07) is 8.16. The lowest BCUT2D eigenvalue weighted by Gasteiger charge is -2.21. The molecular formula is C16H15Cl3N2O. The van der Waals surface area contributed by atoms with E-state index in [1.807, 2.05) is 32.0 Å². The molecule has 0 aromatic heterocycles. The first-order valence-electron chi connectivity index (χ1n) is 6.57. The minimum absolute atomic E-state index is 0.218. The van der Waals surface area contributed by atoms with Crippen LogP contribution in [-0.2, 0) is 4.79 Å². The van der Waals surface area contributed by atoms with E-state index in [1.165, 1.54) is 0 Å². The number of nitrogens with one attached hydrogen (secondary N) is 1. The van der Waals surface area contributed by atoms with E-state index in [1.54, 1.807) is 12.1 Å². The summed E-state index contributed by atoms with van der Waals surface area (Å²) in [5.41, 5.74) is 8.73. The Hall–Kier alpha value is -1.42. The first-order chi connectivity index (χ1) is 10.3. The van der Waals surface area contributed by atoms with Gasteiger partial charge >= 0.3 is 0 Å². The van der Waals surface area contributed by atoms with Gasteiger partial charge in [0.15, 0.2) is 0 Å². The molecule has 0 bridgehead atoms. The van der Waals surface area contributed by atoms with Gasteiger partial charge in [0.05, 0.1) is 10.0 Å². The van der Waals surface area contributed by atoms with Gasteiger partial charge in [0.1, 0.15) is 6.04 Å². The Labute approximate surface area is 144 Å². The summed E-state index contributed by atoms with van der Waals surface area (Å²) >= 11 is 18.4. The lowest BCUT2D eigenvalue weighted by molar-refractivity contribution is -0.118. The van der Waals surface area contributed by atoms with Crippen LogP contribution in [0.4, 0.5) is 5.69 Å². The largest absolute Gasteiger partial charge is 0.370 e. The Kier molecular flexibility index (Phi) is 5.22. The molecule has 1 amide bonds. The van der Waals surface area contributed by atoms with Crippen molar-refractivity contribution >= 4 is 46.4 Å². The predicted octanol–water partition coefficient (Wildman–Crippen LogP) is 4.90. The maximum atomic E-state index is 11.9. The molecule has 2 aromatic carbocycles. The van der Waals surface area contributed by atoms with Crippen LogP contribution in [0.5, 0.6) is 0 Å². The number of nitrogens with two attached hydrogens (primary N) is 1. The van der Waals surface area contributed by atoms with Crippen molar-refractivity contribution in [2.45, 2.75) is 19.9 Å². The highest BCUT2D eigenvalue weighted by Gasteiger charge is 2.25. The second-order valence-corrected chi connectivity index (χ2v) is 6.25. The summed E-state index contributed by atoms with van der Waals surface area (Å²) in [4.78, 5) is 11.9. The van der Waals surface area contributed by atoms with Crippen molar-refractivity contribution in [2.24, 2.45) is 5.73 Å². The van der Waals surface area contributed by atoms with Gasteiger partial charge in [-0.05, 0) is 43.2 Å². The van der Waals surface area contributed by atoms with Crippen molar-refractivity contribution in [3.05, 3.63) is 62.1 Å². The summed E-state index contributed by atoms with van der Waals surface area (Å²) in [6.07, 6.45) is 0. The smallest absolute Gasteiger partial charge is 0.244 e. The van der Waals surface area contributed by atoms with E-state index >= 15 is 0 Å². The zero-order valence-corrected chi connectivity index (χ0v) is 14.4. The van der Waals surface area contributed by atoms with Crippen molar-refractivity contribution in [3.8, 4) is 0 Å². The first-order valence-corrected chi connectivity index (χ1v) is 7.71. The molecule has 0 aliphatic heterocycles. The monoisotopic (exact) mass is 356 g/mol. The summed E-state index contributed by atoms with van der Waals surface area (Å²) in [6.45, 7) is 3.89. The van der Waals surface area contributed by atoms with Gasteiger partial charge in [-0.15, -0.1) is 0 Å². The number of anilines is 1. The van der Waals surface area contributed by atoms with Crippen LogP contribution < -0.4 is 11.1 Å². The van der Waals surface area contributed by atoms with E-state index in [4.69, 9.17) is 40.5 Å². The minimum Gasteiger partial charge on any atom is -0.370 e. The van der Waals surface area contributed by atoms with Crippen LogP contribution in [0, 0.1) is 13.8 Å². The van der Waals surface area contributed by atoms with Crippen molar-refractivity contribution in [1.29, 1.82) is 0 Å². The van der Waals surface area contributed by atoms with Gasteiger partial charge < -0.3 is 11.1 Å². The number of carbonyl (C=O) groups excluding carboxylic acids is 1. The number of amides is 1. The molecule has 116 valence electrons. The summed E-state index contributed by atoms with van der Waals surface area (Å²) < 4.78 is 0. The second-order valence-electron chi connectivity index (χ2n) is 5.05. The lowest BCUT2D eigenvalue weighted by atomic mass is 10.0. The number of benzene rings is 2. The third-order valence-electron chi connectivity index (χ3n) is 3.35. The third-order valence-corrected chi connectivity index (χ3v) is 4.49. The van der Waals surface area contributed by atoms with Gasteiger partial charge in [-0.2, -0.15) is 0 Å². The van der Waals surface area contributed by atoms with Crippen molar-refractivity contribution in [3.63, 3.8) is 0 Å². The topological polar surface area (TPSA) is 55.1 Å². The maximum absolute atomic E-state index is 11.9. The van der Waals surface area contributed by atoms with Gasteiger partial charge in [-0.25, -0.2) is 0 Å². The number of carbonyl (C=O) groups is 1. The average molecular weight is 358 g/mol. The maximum Gasteiger partial charge on any atom is 0.244 e. The number of hydrogen-bond donors (Lipinski definition) is 2. The molecule has 1 atom stereocenters. The van der Waals surface area contributed by atoms with Crippen LogP contribution in [0.25, 0.3) is 0 Å². The SMILES string of the molecule is Cc1ccc(C)c(NC(C(N)=O)c2c(Cl)ccc(Cl)c2Cl)c1. The molecule has 0 heterocycles. The number of primary amides is 1. The Morgan fingerprint density at radius 3 is 2.36 bits per heavy atom. The first kappa shape index (κ1) is 16.9. The fraction of sp³-hybridized carbons (Fsp3) is 0.188. The Morgan fingerprint density at radius 2 is 1.73 bits per heavy atom. The second kappa shape index (κ2) is 6.78. The molecule has 0 fully saturated rings. The predicted molar refractivity (Wildman–Crippen MR) is 92.9 cm³/mol. The van der Waals surface area contributed by atoms with E-state index in [9.17, 15) is 4.79 Å². The zero-order chi connectivity index (χ0) is 16.4. The molecule has 22 heavy (non-hydrogen) atoms. The van der Waals surface area contributed by atoms with Gasteiger partial charge in [0.2, 0.25) is 5.91 Å². The Balaban J connectivity index is 2.51. The Bertz CT molecular complexity index is 732. The molecule has 0 aliphatic rings. The third kappa shape index (κ3) is 3.49. The molecule has 0 saturated heterocycles. The van der Waals surface area contributed by atoms with Crippen molar-refractivity contribution < 1.29 is 4.79 Å². The molecule has 0 aliphatic carbocycles. The molecule has 1 unspecified atom stereocenters. The van der Waals surface area contributed by atoms with Crippen LogP contribution in [0.3, 0.4) is 0 Å². The molecule has 2 rings (SSSR count). The highest BCUT2D eigenvalue weighted by Crippen LogP contribution is 2.37. The standard InChI is InChI=1S/C16H15Cl3N2O/c1-8-3-4-9(2)12(7-8)21-15(16(20)22)13-10(17)5-6-11(18)14(13)19/h3-7,15,21H,1-2H3,(H2,20,22). The van der Waals surface area contributed by atoms with E-state index in [0.29, 0.717) is 15.6 Å². The molecular weight excluding hydrogens is 343 g/mol. The molecule has 3 nitrogen and oxygen atoms in total. The van der Waals surface area contributed by atoms with Crippen molar-refractivity contribution in [1.82, 2.24) is 0 Å². The number of rotatable bonds is 4. The fourth-order valence-corrected chi connectivity index (χ4v) is 2.89. The highest BCUT2D eigenvalue weighted by atomic mass is 35.5. The van der Waals surface area contributed by atoms with Crippen LogP contribution in [0.15, 0.2) is 30.3 Å². The van der Waals surface area contributed by atoms with Gasteiger partial charge in [0, 0.05) is 16.3 Å². The Morgan fingerprint density at radius 1 is 1.09 bits per heavy atom. The molecule has 0 saturated carbocycles. The summed E-state index contributed by atoms with van der Waals surface area (Å²) in [7, 11) is 0. The van der Waals surface area contributed by atoms with E-state index in [0.717, 1.165) is 16.8 Å². The minimum atomic E-state index is -0.876. The fourth-order valence-electron chi connectivity index (χ4n) is 2.14. The van der Waals surface area contributed by atoms with Crippen LogP contribution >= 0.6 is 34.8 Å². The van der Waals surface area contributed by atoms with Crippen LogP contribution in [-0.4, -0.2) is 5.91 Å². The molecule has 2 aromatic rings. The van der Waals surface area contributed by atoms with E-state index < -0.39 is 11.9 Å². The van der Waals surface area contributed by atoms with E-state index in [2.05, 4.69) is 5.32 Å². The number of hydrogen-bond acceptors (Lipinski definition) is 2. The van der Waals surface area contributed by atoms with Gasteiger partial charge in [-0.3, -0.25) is 4.79 Å².